The standard InChI is InChI=1S/C17H22N2O5/c1-3-24-17(22)13-6-4-5-7-14(13)18-16(21)12-10-15(20)19(11-12)8-9-23-2/h4-7,12H,3,8-11H2,1-2H3,(H,18,21). The summed E-state index contributed by atoms with van der Waals surface area (Å²) in [6.07, 6.45) is 0.164. The van der Waals surface area contributed by atoms with Crippen molar-refractivity contribution in [3.8, 4) is 0 Å². The fourth-order valence-electron chi connectivity index (χ4n) is 2.58. The van der Waals surface area contributed by atoms with Crippen molar-refractivity contribution in [3.05, 3.63) is 29.8 Å². The third kappa shape index (κ3) is 4.32. The Hall–Kier alpha value is -2.41. The van der Waals surface area contributed by atoms with Crippen LogP contribution in [0.3, 0.4) is 0 Å². The molecule has 0 spiro atoms. The van der Waals surface area contributed by atoms with E-state index in [0.717, 1.165) is 0 Å². The Morgan fingerprint density at radius 3 is 2.79 bits per heavy atom. The molecule has 0 aromatic heterocycles. The SMILES string of the molecule is CCOC(=O)c1ccccc1NC(=O)C1CC(=O)N(CCOC)C1. The van der Waals surface area contributed by atoms with Gasteiger partial charge in [-0.05, 0) is 19.1 Å². The minimum absolute atomic E-state index is 0.0640. The Bertz CT molecular complexity index is 617. The normalized spacial score (nSPS) is 17.0. The van der Waals surface area contributed by atoms with Crippen LogP contribution in [0.25, 0.3) is 0 Å². The van der Waals surface area contributed by atoms with Gasteiger partial charge < -0.3 is 19.7 Å². The minimum Gasteiger partial charge on any atom is -0.462 e. The number of rotatable bonds is 7. The van der Waals surface area contributed by atoms with Crippen LogP contribution in [0.5, 0.6) is 0 Å². The van der Waals surface area contributed by atoms with E-state index in [2.05, 4.69) is 5.32 Å². The Morgan fingerprint density at radius 2 is 2.08 bits per heavy atom. The molecule has 1 aliphatic rings. The molecular weight excluding hydrogens is 312 g/mol. The number of benzene rings is 1. The molecule has 0 aliphatic carbocycles. The van der Waals surface area contributed by atoms with Gasteiger partial charge in [0.1, 0.15) is 0 Å². The first kappa shape index (κ1) is 17.9. The van der Waals surface area contributed by atoms with Crippen LogP contribution in [-0.4, -0.2) is 56.1 Å². The fraction of sp³-hybridized carbons (Fsp3) is 0.471. The zero-order chi connectivity index (χ0) is 17.5. The predicted octanol–water partition coefficient (Wildman–Crippen LogP) is 1.30. The highest BCUT2D eigenvalue weighted by Gasteiger charge is 2.34. The van der Waals surface area contributed by atoms with Crippen molar-refractivity contribution in [1.82, 2.24) is 4.90 Å². The van der Waals surface area contributed by atoms with Crippen LogP contribution in [0.4, 0.5) is 5.69 Å². The topological polar surface area (TPSA) is 84.9 Å². The van der Waals surface area contributed by atoms with Crippen LogP contribution >= 0.6 is 0 Å². The Balaban J connectivity index is 2.03. The second kappa shape index (κ2) is 8.44. The smallest absolute Gasteiger partial charge is 0.340 e. The van der Waals surface area contributed by atoms with E-state index in [0.29, 0.717) is 30.9 Å². The number of nitrogens with zero attached hydrogens (tertiary/aromatic N) is 1. The Morgan fingerprint density at radius 1 is 1.33 bits per heavy atom. The summed E-state index contributed by atoms with van der Waals surface area (Å²) in [5.41, 5.74) is 0.692. The summed E-state index contributed by atoms with van der Waals surface area (Å²) in [7, 11) is 1.57. The first-order valence-electron chi connectivity index (χ1n) is 7.90. The lowest BCUT2D eigenvalue weighted by atomic mass is 10.1. The lowest BCUT2D eigenvalue weighted by molar-refractivity contribution is -0.128. The summed E-state index contributed by atoms with van der Waals surface area (Å²) in [4.78, 5) is 37.9. The molecule has 24 heavy (non-hydrogen) atoms. The van der Waals surface area contributed by atoms with Crippen LogP contribution in [0.1, 0.15) is 23.7 Å². The fourth-order valence-corrected chi connectivity index (χ4v) is 2.58. The summed E-state index contributed by atoms with van der Waals surface area (Å²) in [6.45, 7) is 3.24. The van der Waals surface area contributed by atoms with Crippen LogP contribution in [0.2, 0.25) is 0 Å². The van der Waals surface area contributed by atoms with Gasteiger partial charge in [-0.15, -0.1) is 0 Å². The summed E-state index contributed by atoms with van der Waals surface area (Å²) >= 11 is 0. The predicted molar refractivity (Wildman–Crippen MR) is 87.6 cm³/mol. The van der Waals surface area contributed by atoms with E-state index in [9.17, 15) is 14.4 Å². The molecule has 130 valence electrons. The number of likely N-dealkylation sites (tertiary alicyclic amines) is 1. The summed E-state index contributed by atoms with van der Waals surface area (Å²) in [5.74, 6) is -1.27. The lowest BCUT2D eigenvalue weighted by Gasteiger charge is -2.16. The van der Waals surface area contributed by atoms with Gasteiger partial charge in [0.05, 0.1) is 30.4 Å². The van der Waals surface area contributed by atoms with Crippen molar-refractivity contribution in [2.75, 3.05) is 38.7 Å². The van der Waals surface area contributed by atoms with Gasteiger partial charge in [0.15, 0.2) is 0 Å². The molecule has 0 radical (unpaired) electrons. The van der Waals surface area contributed by atoms with E-state index in [1.807, 2.05) is 0 Å². The van der Waals surface area contributed by atoms with Gasteiger partial charge in [-0.2, -0.15) is 0 Å². The van der Waals surface area contributed by atoms with Gasteiger partial charge in [-0.3, -0.25) is 9.59 Å². The van der Waals surface area contributed by atoms with E-state index in [-0.39, 0.29) is 24.8 Å². The monoisotopic (exact) mass is 334 g/mol. The molecule has 0 saturated carbocycles. The van der Waals surface area contributed by atoms with Gasteiger partial charge in [0.25, 0.3) is 0 Å². The minimum atomic E-state index is -0.488. The molecule has 1 unspecified atom stereocenters. The average Bonchev–Trinajstić information content (AvgIpc) is 2.94. The highest BCUT2D eigenvalue weighted by molar-refractivity contribution is 6.03. The first-order valence-corrected chi connectivity index (χ1v) is 7.90. The van der Waals surface area contributed by atoms with E-state index >= 15 is 0 Å². The molecule has 1 aromatic rings. The Kier molecular flexibility index (Phi) is 6.31. The van der Waals surface area contributed by atoms with Gasteiger partial charge in [0, 0.05) is 26.6 Å². The molecule has 1 heterocycles. The summed E-state index contributed by atoms with van der Waals surface area (Å²) < 4.78 is 9.95. The highest BCUT2D eigenvalue weighted by atomic mass is 16.5. The third-order valence-corrected chi connectivity index (χ3v) is 3.83. The van der Waals surface area contributed by atoms with E-state index < -0.39 is 11.9 Å². The Labute approximate surface area is 140 Å². The number of anilines is 1. The van der Waals surface area contributed by atoms with Crippen LogP contribution in [-0.2, 0) is 19.1 Å². The lowest BCUT2D eigenvalue weighted by Crippen LogP contribution is -2.31. The van der Waals surface area contributed by atoms with Crippen molar-refractivity contribution >= 4 is 23.5 Å². The van der Waals surface area contributed by atoms with Crippen molar-refractivity contribution < 1.29 is 23.9 Å². The van der Waals surface area contributed by atoms with Crippen molar-refractivity contribution in [2.45, 2.75) is 13.3 Å². The molecule has 1 aliphatic heterocycles. The first-order chi connectivity index (χ1) is 11.6. The molecule has 7 nitrogen and oxygen atoms in total. The van der Waals surface area contributed by atoms with Gasteiger partial charge in [0.2, 0.25) is 11.8 Å². The molecule has 1 atom stereocenters. The number of nitrogens with one attached hydrogen (secondary N) is 1. The van der Waals surface area contributed by atoms with Gasteiger partial charge >= 0.3 is 5.97 Å². The zero-order valence-corrected chi connectivity index (χ0v) is 13.9. The van der Waals surface area contributed by atoms with Crippen molar-refractivity contribution in [3.63, 3.8) is 0 Å². The number of ether oxygens (including phenoxy) is 2. The maximum absolute atomic E-state index is 12.4. The maximum Gasteiger partial charge on any atom is 0.340 e. The highest BCUT2D eigenvalue weighted by Crippen LogP contribution is 2.22. The molecular formula is C17H22N2O5. The number of esters is 1. The molecule has 1 fully saturated rings. The maximum atomic E-state index is 12.4. The molecule has 2 rings (SSSR count). The molecule has 1 aromatic carbocycles. The second-order valence-electron chi connectivity index (χ2n) is 5.49. The van der Waals surface area contributed by atoms with E-state index in [4.69, 9.17) is 9.47 Å². The number of para-hydroxylation sites is 1. The number of carbonyl (C=O) groups excluding carboxylic acids is 3. The quantitative estimate of drug-likeness (QED) is 0.760. The number of hydrogen-bond donors (Lipinski definition) is 1. The van der Waals surface area contributed by atoms with Crippen molar-refractivity contribution in [2.24, 2.45) is 5.92 Å². The number of hydrogen-bond acceptors (Lipinski definition) is 5. The molecule has 7 heteroatoms. The van der Waals surface area contributed by atoms with E-state index in [1.54, 1.807) is 43.2 Å². The second-order valence-corrected chi connectivity index (χ2v) is 5.49. The van der Waals surface area contributed by atoms with Gasteiger partial charge in [-0.1, -0.05) is 12.1 Å². The number of carbonyl (C=O) groups is 3. The van der Waals surface area contributed by atoms with Crippen molar-refractivity contribution in [1.29, 1.82) is 0 Å². The third-order valence-electron chi connectivity index (χ3n) is 3.83. The molecule has 1 N–H and O–H groups in total. The molecule has 0 bridgehead atoms. The van der Waals surface area contributed by atoms with Crippen LogP contribution < -0.4 is 5.32 Å². The molecule has 1 saturated heterocycles. The number of amides is 2. The average molecular weight is 334 g/mol. The van der Waals surface area contributed by atoms with Crippen LogP contribution in [0, 0.1) is 5.92 Å². The zero-order valence-electron chi connectivity index (χ0n) is 13.9. The van der Waals surface area contributed by atoms with Crippen LogP contribution in [0.15, 0.2) is 24.3 Å². The summed E-state index contributed by atoms with van der Waals surface area (Å²) in [5, 5.41) is 2.74. The summed E-state index contributed by atoms with van der Waals surface area (Å²) in [6, 6.07) is 6.67. The largest absolute Gasteiger partial charge is 0.462 e. The number of methoxy groups -OCH3 is 1. The van der Waals surface area contributed by atoms with Gasteiger partial charge in [-0.25, -0.2) is 4.79 Å². The molecule has 2 amide bonds. The van der Waals surface area contributed by atoms with E-state index in [1.165, 1.54) is 0 Å².